The van der Waals surface area contributed by atoms with E-state index in [1.54, 1.807) is 9.36 Å². The van der Waals surface area contributed by atoms with Crippen molar-refractivity contribution in [1.82, 2.24) is 24.8 Å². The number of halogens is 1. The van der Waals surface area contributed by atoms with Crippen LogP contribution in [-0.4, -0.2) is 24.8 Å². The highest BCUT2D eigenvalue weighted by atomic mass is 35.5. The summed E-state index contributed by atoms with van der Waals surface area (Å²) in [5, 5.41) is 13.3. The number of nitrogens with zero attached hydrogens (tertiary/aromatic N) is 5. The molecule has 0 aliphatic heterocycles. The van der Waals surface area contributed by atoms with Crippen LogP contribution >= 0.6 is 11.6 Å². The zero-order chi connectivity index (χ0) is 13.2. The fourth-order valence-corrected chi connectivity index (χ4v) is 1.95. The van der Waals surface area contributed by atoms with Gasteiger partial charge in [0.05, 0.1) is 12.7 Å². The van der Waals surface area contributed by atoms with Crippen LogP contribution in [0.4, 0.5) is 0 Å². The third kappa shape index (κ3) is 2.66. The summed E-state index contributed by atoms with van der Waals surface area (Å²) in [6.07, 6.45) is 3.77. The standard InChI is InChI=1S/C13H12ClN5/c1-18-7-6-12(16-18)13-9-19(17-15-13)8-10-2-4-11(14)5-3-10/h2-7,9H,8H2,1H3. The summed E-state index contributed by atoms with van der Waals surface area (Å²) in [6, 6.07) is 9.60. The quantitative estimate of drug-likeness (QED) is 0.736. The monoisotopic (exact) mass is 273 g/mol. The van der Waals surface area contributed by atoms with E-state index in [1.165, 1.54) is 0 Å². The van der Waals surface area contributed by atoms with Crippen molar-refractivity contribution in [3.8, 4) is 11.4 Å². The molecule has 0 N–H and O–H groups in total. The zero-order valence-corrected chi connectivity index (χ0v) is 11.1. The first-order valence-electron chi connectivity index (χ1n) is 5.85. The van der Waals surface area contributed by atoms with Crippen LogP contribution in [0.15, 0.2) is 42.7 Å². The smallest absolute Gasteiger partial charge is 0.133 e. The maximum Gasteiger partial charge on any atom is 0.133 e. The van der Waals surface area contributed by atoms with E-state index >= 15 is 0 Å². The van der Waals surface area contributed by atoms with Crippen LogP contribution in [0, 0.1) is 0 Å². The van der Waals surface area contributed by atoms with Gasteiger partial charge in [-0.3, -0.25) is 4.68 Å². The van der Waals surface area contributed by atoms with Gasteiger partial charge in [-0.25, -0.2) is 4.68 Å². The van der Waals surface area contributed by atoms with Crippen LogP contribution in [0.5, 0.6) is 0 Å². The van der Waals surface area contributed by atoms with Crippen molar-refractivity contribution in [2.75, 3.05) is 0 Å². The highest BCUT2D eigenvalue weighted by Gasteiger charge is 2.06. The molecule has 3 rings (SSSR count). The average molecular weight is 274 g/mol. The molecule has 2 heterocycles. The van der Waals surface area contributed by atoms with Crippen molar-refractivity contribution in [1.29, 1.82) is 0 Å². The van der Waals surface area contributed by atoms with E-state index in [4.69, 9.17) is 11.6 Å². The lowest BCUT2D eigenvalue weighted by Crippen LogP contribution is -1.99. The van der Waals surface area contributed by atoms with Crippen molar-refractivity contribution >= 4 is 11.6 Å². The van der Waals surface area contributed by atoms with Crippen molar-refractivity contribution < 1.29 is 0 Å². The molecule has 1 aromatic carbocycles. The highest BCUT2D eigenvalue weighted by Crippen LogP contribution is 2.14. The molecule has 0 spiro atoms. The summed E-state index contributed by atoms with van der Waals surface area (Å²) in [5.74, 6) is 0. The first kappa shape index (κ1) is 11.9. The van der Waals surface area contributed by atoms with E-state index in [2.05, 4.69) is 15.4 Å². The predicted octanol–water partition coefficient (Wildman–Crippen LogP) is 2.38. The lowest BCUT2D eigenvalue weighted by atomic mass is 10.2. The molecule has 0 fully saturated rings. The summed E-state index contributed by atoms with van der Waals surface area (Å²) in [4.78, 5) is 0. The Bertz CT molecular complexity index is 683. The molecule has 0 atom stereocenters. The molecule has 0 bridgehead atoms. The van der Waals surface area contributed by atoms with Gasteiger partial charge in [0.2, 0.25) is 0 Å². The molecule has 6 heteroatoms. The van der Waals surface area contributed by atoms with Crippen molar-refractivity contribution in [2.24, 2.45) is 7.05 Å². The van der Waals surface area contributed by atoms with Gasteiger partial charge < -0.3 is 0 Å². The second-order valence-electron chi connectivity index (χ2n) is 4.30. The number of rotatable bonds is 3. The lowest BCUT2D eigenvalue weighted by molar-refractivity contribution is 0.650. The van der Waals surface area contributed by atoms with Gasteiger partial charge in [-0.1, -0.05) is 28.9 Å². The normalized spacial score (nSPS) is 10.8. The largest absolute Gasteiger partial charge is 0.275 e. The van der Waals surface area contributed by atoms with Crippen LogP contribution in [0.1, 0.15) is 5.56 Å². The molecule has 96 valence electrons. The van der Waals surface area contributed by atoms with Crippen LogP contribution < -0.4 is 0 Å². The summed E-state index contributed by atoms with van der Waals surface area (Å²) in [5.41, 5.74) is 2.72. The van der Waals surface area contributed by atoms with E-state index in [9.17, 15) is 0 Å². The van der Waals surface area contributed by atoms with E-state index < -0.39 is 0 Å². The molecular formula is C13H12ClN5. The van der Waals surface area contributed by atoms with Gasteiger partial charge in [0.1, 0.15) is 11.4 Å². The minimum atomic E-state index is 0.664. The van der Waals surface area contributed by atoms with Crippen molar-refractivity contribution in [2.45, 2.75) is 6.54 Å². The highest BCUT2D eigenvalue weighted by molar-refractivity contribution is 6.30. The second kappa shape index (κ2) is 4.85. The minimum Gasteiger partial charge on any atom is -0.275 e. The molecule has 0 saturated heterocycles. The Morgan fingerprint density at radius 1 is 1.11 bits per heavy atom. The number of hydrogen-bond acceptors (Lipinski definition) is 3. The summed E-state index contributed by atoms with van der Waals surface area (Å²) < 4.78 is 3.53. The molecule has 0 radical (unpaired) electrons. The van der Waals surface area contributed by atoms with Gasteiger partial charge in [0, 0.05) is 18.3 Å². The summed E-state index contributed by atoms with van der Waals surface area (Å²) in [6.45, 7) is 0.664. The molecule has 5 nitrogen and oxygen atoms in total. The maximum atomic E-state index is 5.86. The Labute approximate surface area is 115 Å². The number of hydrogen-bond donors (Lipinski definition) is 0. The van der Waals surface area contributed by atoms with E-state index in [-0.39, 0.29) is 0 Å². The summed E-state index contributed by atoms with van der Waals surface area (Å²) in [7, 11) is 1.88. The molecule has 0 aliphatic rings. The van der Waals surface area contributed by atoms with Crippen LogP contribution in [0.3, 0.4) is 0 Å². The molecule has 0 amide bonds. The van der Waals surface area contributed by atoms with Crippen LogP contribution in [-0.2, 0) is 13.6 Å². The first-order chi connectivity index (χ1) is 9.20. The predicted molar refractivity (Wildman–Crippen MR) is 72.8 cm³/mol. The van der Waals surface area contributed by atoms with Gasteiger partial charge in [-0.15, -0.1) is 5.10 Å². The fraction of sp³-hybridized carbons (Fsp3) is 0.154. The fourth-order valence-electron chi connectivity index (χ4n) is 1.82. The van der Waals surface area contributed by atoms with Gasteiger partial charge in [0.15, 0.2) is 0 Å². The molecule has 19 heavy (non-hydrogen) atoms. The van der Waals surface area contributed by atoms with Gasteiger partial charge in [0.25, 0.3) is 0 Å². The SMILES string of the molecule is Cn1ccc(-c2cn(Cc3ccc(Cl)cc3)nn2)n1. The molecule has 0 unspecified atom stereocenters. The molecule has 0 aliphatic carbocycles. The molecule has 2 aromatic heterocycles. The van der Waals surface area contributed by atoms with E-state index in [0.717, 1.165) is 22.0 Å². The van der Waals surface area contributed by atoms with E-state index in [1.807, 2.05) is 49.8 Å². The Kier molecular flexibility index (Phi) is 3.05. The maximum absolute atomic E-state index is 5.86. The lowest BCUT2D eigenvalue weighted by Gasteiger charge is -2.00. The van der Waals surface area contributed by atoms with Gasteiger partial charge in [-0.2, -0.15) is 5.10 Å². The molecule has 0 saturated carbocycles. The Hall–Kier alpha value is -2.14. The third-order valence-electron chi connectivity index (χ3n) is 2.77. The number of benzene rings is 1. The Morgan fingerprint density at radius 3 is 2.58 bits per heavy atom. The van der Waals surface area contributed by atoms with E-state index in [0.29, 0.717) is 6.54 Å². The summed E-state index contributed by atoms with van der Waals surface area (Å²) >= 11 is 5.86. The third-order valence-corrected chi connectivity index (χ3v) is 3.02. The van der Waals surface area contributed by atoms with Crippen molar-refractivity contribution in [3.63, 3.8) is 0 Å². The van der Waals surface area contributed by atoms with Crippen LogP contribution in [0.25, 0.3) is 11.4 Å². The van der Waals surface area contributed by atoms with Crippen molar-refractivity contribution in [3.05, 3.63) is 53.3 Å². The molecular weight excluding hydrogens is 262 g/mol. The topological polar surface area (TPSA) is 48.5 Å². The minimum absolute atomic E-state index is 0.664. The second-order valence-corrected chi connectivity index (χ2v) is 4.74. The first-order valence-corrected chi connectivity index (χ1v) is 6.23. The number of aromatic nitrogens is 5. The van der Waals surface area contributed by atoms with Gasteiger partial charge >= 0.3 is 0 Å². The van der Waals surface area contributed by atoms with Crippen LogP contribution in [0.2, 0.25) is 5.02 Å². The zero-order valence-electron chi connectivity index (χ0n) is 10.4. The molecule has 3 aromatic rings. The average Bonchev–Trinajstić information content (AvgIpc) is 3.01. The van der Waals surface area contributed by atoms with Gasteiger partial charge in [-0.05, 0) is 23.8 Å². The Morgan fingerprint density at radius 2 is 1.89 bits per heavy atom. The number of aryl methyl sites for hydroxylation is 1. The Balaban J connectivity index is 1.80.